The van der Waals surface area contributed by atoms with Gasteiger partial charge in [-0.2, -0.15) is 0 Å². The van der Waals surface area contributed by atoms with Gasteiger partial charge in [-0.05, 0) is 52.4 Å². The molecule has 2 rings (SSSR count). The van der Waals surface area contributed by atoms with Crippen molar-refractivity contribution < 1.29 is 14.3 Å². The molecule has 0 unspecified atom stereocenters. The molecule has 0 N–H and O–H groups in total. The van der Waals surface area contributed by atoms with Crippen LogP contribution in [0.25, 0.3) is 0 Å². The largest absolute Gasteiger partial charge is 0.444 e. The van der Waals surface area contributed by atoms with Crippen molar-refractivity contribution in [2.24, 2.45) is 5.92 Å². The Morgan fingerprint density at radius 1 is 1.37 bits per heavy atom. The first-order valence-electron chi connectivity index (χ1n) is 7.31. The normalized spacial score (nSPS) is 34.2. The standard InChI is InChI=1S/C15H25NO3/c1-5-11-6-8-15(9-7-11)12(10-17)16(15)13(18)19-14(2,3)4/h10-12H,5-9H2,1-4H3/t11?,12-,15?,16?/m1/s1. The van der Waals surface area contributed by atoms with E-state index in [4.69, 9.17) is 4.74 Å². The van der Waals surface area contributed by atoms with Gasteiger partial charge in [-0.3, -0.25) is 4.90 Å². The second-order valence-electron chi connectivity index (χ2n) is 6.89. The van der Waals surface area contributed by atoms with Gasteiger partial charge in [0.2, 0.25) is 0 Å². The summed E-state index contributed by atoms with van der Waals surface area (Å²) in [5.74, 6) is 0.749. The molecule has 0 radical (unpaired) electrons. The summed E-state index contributed by atoms with van der Waals surface area (Å²) in [5.41, 5.74) is -0.731. The first-order chi connectivity index (χ1) is 8.84. The van der Waals surface area contributed by atoms with Gasteiger partial charge in [0.1, 0.15) is 17.9 Å². The van der Waals surface area contributed by atoms with Crippen molar-refractivity contribution in [1.82, 2.24) is 4.90 Å². The lowest BCUT2D eigenvalue weighted by atomic mass is 9.79. The van der Waals surface area contributed by atoms with Crippen molar-refractivity contribution >= 4 is 12.4 Å². The second kappa shape index (κ2) is 4.80. The number of ether oxygens (including phenoxy) is 1. The molecule has 1 saturated heterocycles. The molecular formula is C15H25NO3. The number of hydrogen-bond acceptors (Lipinski definition) is 3. The third-order valence-electron chi connectivity index (χ3n) is 4.51. The van der Waals surface area contributed by atoms with E-state index in [1.165, 1.54) is 6.42 Å². The molecule has 0 aromatic carbocycles. The van der Waals surface area contributed by atoms with Crippen molar-refractivity contribution in [2.75, 3.05) is 0 Å². The zero-order valence-corrected chi connectivity index (χ0v) is 12.4. The number of carbonyl (C=O) groups excluding carboxylic acids is 2. The lowest BCUT2D eigenvalue weighted by molar-refractivity contribution is -0.108. The van der Waals surface area contributed by atoms with Crippen LogP contribution in [0.2, 0.25) is 0 Å². The summed E-state index contributed by atoms with van der Waals surface area (Å²) in [5, 5.41) is 0. The Kier molecular flexibility index (Phi) is 3.63. The molecule has 4 heteroatoms. The predicted octanol–water partition coefficient (Wildman–Crippen LogP) is 3.14. The van der Waals surface area contributed by atoms with Crippen LogP contribution in [0.3, 0.4) is 0 Å². The van der Waals surface area contributed by atoms with Crippen LogP contribution < -0.4 is 0 Å². The zero-order valence-electron chi connectivity index (χ0n) is 12.4. The van der Waals surface area contributed by atoms with E-state index >= 15 is 0 Å². The lowest BCUT2D eigenvalue weighted by Gasteiger charge is -2.29. The maximum atomic E-state index is 12.2. The van der Waals surface area contributed by atoms with Crippen LogP contribution in [0.4, 0.5) is 4.79 Å². The highest BCUT2D eigenvalue weighted by Crippen LogP contribution is 2.52. The molecule has 1 aliphatic heterocycles. The molecule has 19 heavy (non-hydrogen) atoms. The molecule has 1 atom stereocenters. The summed E-state index contributed by atoms with van der Waals surface area (Å²) in [6.07, 6.45) is 5.87. The SMILES string of the molecule is CCC1CCC2(CC1)[C@@H](C=O)N2C(=O)OC(C)(C)C. The number of amides is 1. The van der Waals surface area contributed by atoms with Crippen LogP contribution >= 0.6 is 0 Å². The van der Waals surface area contributed by atoms with Crippen LogP contribution in [0.5, 0.6) is 0 Å². The highest BCUT2D eigenvalue weighted by Gasteiger charge is 2.66. The van der Waals surface area contributed by atoms with Crippen molar-refractivity contribution in [3.63, 3.8) is 0 Å². The molecule has 108 valence electrons. The van der Waals surface area contributed by atoms with E-state index in [-0.39, 0.29) is 17.7 Å². The molecule has 4 nitrogen and oxygen atoms in total. The summed E-state index contributed by atoms with van der Waals surface area (Å²) in [6, 6.07) is -0.264. The van der Waals surface area contributed by atoms with E-state index in [1.807, 2.05) is 20.8 Å². The van der Waals surface area contributed by atoms with Gasteiger partial charge < -0.3 is 9.53 Å². The second-order valence-corrected chi connectivity index (χ2v) is 6.89. The highest BCUT2D eigenvalue weighted by atomic mass is 16.6. The van der Waals surface area contributed by atoms with E-state index in [0.29, 0.717) is 0 Å². The highest BCUT2D eigenvalue weighted by molar-refractivity contribution is 5.83. The van der Waals surface area contributed by atoms with Crippen LogP contribution in [0, 0.1) is 5.92 Å². The number of carbonyl (C=O) groups is 2. The average Bonchev–Trinajstić information content (AvgIpc) is 2.95. The number of aldehydes is 1. The van der Waals surface area contributed by atoms with Crippen LogP contribution in [-0.4, -0.2) is 34.5 Å². The average molecular weight is 267 g/mol. The first-order valence-corrected chi connectivity index (χ1v) is 7.31. The van der Waals surface area contributed by atoms with Gasteiger partial charge in [0.15, 0.2) is 0 Å². The number of rotatable bonds is 2. The van der Waals surface area contributed by atoms with E-state index in [2.05, 4.69) is 6.92 Å². The van der Waals surface area contributed by atoms with Gasteiger partial charge >= 0.3 is 6.09 Å². The minimum absolute atomic E-state index is 0.226. The Labute approximate surface area is 115 Å². The first kappa shape index (κ1) is 14.4. The summed E-state index contributed by atoms with van der Waals surface area (Å²) < 4.78 is 5.40. The van der Waals surface area contributed by atoms with Crippen molar-refractivity contribution in [1.29, 1.82) is 0 Å². The van der Waals surface area contributed by atoms with E-state index in [9.17, 15) is 9.59 Å². The summed E-state index contributed by atoms with van der Waals surface area (Å²) in [7, 11) is 0. The predicted molar refractivity (Wildman–Crippen MR) is 72.9 cm³/mol. The molecule has 2 fully saturated rings. The molecule has 1 heterocycles. The van der Waals surface area contributed by atoms with E-state index < -0.39 is 5.60 Å². The lowest BCUT2D eigenvalue weighted by Crippen LogP contribution is -2.33. The third-order valence-corrected chi connectivity index (χ3v) is 4.51. The summed E-state index contributed by atoms with van der Waals surface area (Å²) in [4.78, 5) is 25.0. The maximum absolute atomic E-state index is 12.2. The molecule has 0 bridgehead atoms. The van der Waals surface area contributed by atoms with Crippen LogP contribution in [0.15, 0.2) is 0 Å². The van der Waals surface area contributed by atoms with E-state index in [0.717, 1.165) is 37.9 Å². The topological polar surface area (TPSA) is 46.4 Å². The molecule has 1 aliphatic carbocycles. The molecule has 1 amide bonds. The van der Waals surface area contributed by atoms with Gasteiger partial charge in [-0.15, -0.1) is 0 Å². The number of hydrogen-bond donors (Lipinski definition) is 0. The Bertz CT molecular complexity index is 364. The van der Waals surface area contributed by atoms with Crippen LogP contribution in [-0.2, 0) is 9.53 Å². The Morgan fingerprint density at radius 3 is 2.37 bits per heavy atom. The Morgan fingerprint density at radius 2 is 1.95 bits per heavy atom. The fourth-order valence-electron chi connectivity index (χ4n) is 3.31. The van der Waals surface area contributed by atoms with Crippen LogP contribution in [0.1, 0.15) is 59.8 Å². The fraction of sp³-hybridized carbons (Fsp3) is 0.867. The Balaban J connectivity index is 2.03. The molecular weight excluding hydrogens is 242 g/mol. The quantitative estimate of drug-likeness (QED) is 0.570. The smallest absolute Gasteiger partial charge is 0.411 e. The van der Waals surface area contributed by atoms with Crippen molar-refractivity contribution in [3.05, 3.63) is 0 Å². The molecule has 2 aliphatic rings. The summed E-state index contributed by atoms with van der Waals surface area (Å²) >= 11 is 0. The minimum atomic E-state index is -0.505. The van der Waals surface area contributed by atoms with Crippen molar-refractivity contribution in [3.8, 4) is 0 Å². The monoisotopic (exact) mass is 267 g/mol. The minimum Gasteiger partial charge on any atom is -0.444 e. The Hall–Kier alpha value is -1.06. The van der Waals surface area contributed by atoms with Gasteiger partial charge in [0.25, 0.3) is 0 Å². The molecule has 1 spiro atoms. The van der Waals surface area contributed by atoms with Gasteiger partial charge in [-0.1, -0.05) is 13.3 Å². The van der Waals surface area contributed by atoms with Gasteiger partial charge in [0, 0.05) is 0 Å². The zero-order chi connectivity index (χ0) is 14.3. The van der Waals surface area contributed by atoms with Gasteiger partial charge in [-0.25, -0.2) is 4.79 Å². The molecule has 0 aromatic heterocycles. The third kappa shape index (κ3) is 2.63. The maximum Gasteiger partial charge on any atom is 0.411 e. The number of nitrogens with zero attached hydrogens (tertiary/aromatic N) is 1. The van der Waals surface area contributed by atoms with E-state index in [1.54, 1.807) is 4.90 Å². The molecule has 0 aromatic rings. The molecule has 1 saturated carbocycles. The fourth-order valence-corrected chi connectivity index (χ4v) is 3.31. The van der Waals surface area contributed by atoms with Crippen molar-refractivity contribution in [2.45, 2.75) is 77.0 Å². The van der Waals surface area contributed by atoms with Gasteiger partial charge in [0.05, 0.1) is 5.54 Å². The summed E-state index contributed by atoms with van der Waals surface area (Å²) in [6.45, 7) is 7.76.